The van der Waals surface area contributed by atoms with Crippen LogP contribution in [0.15, 0.2) is 42.5 Å². The van der Waals surface area contributed by atoms with Gasteiger partial charge in [0.15, 0.2) is 5.78 Å². The van der Waals surface area contributed by atoms with Gasteiger partial charge in [-0.15, -0.1) is 0 Å². The Morgan fingerprint density at radius 2 is 1.72 bits per heavy atom. The van der Waals surface area contributed by atoms with E-state index in [0.29, 0.717) is 30.0 Å². The third-order valence-electron chi connectivity index (χ3n) is 6.76. The fourth-order valence-corrected chi connectivity index (χ4v) is 5.32. The largest absolute Gasteiger partial charge is 0.486 e. The second kappa shape index (κ2) is 8.22. The van der Waals surface area contributed by atoms with E-state index in [2.05, 4.69) is 0 Å². The summed E-state index contributed by atoms with van der Waals surface area (Å²) in [6.07, 6.45) is -1.04. The number of hydrogen-bond donors (Lipinski definition) is 0. The molecule has 0 aromatic heterocycles. The molecule has 0 atom stereocenters. The van der Waals surface area contributed by atoms with Crippen LogP contribution in [0.5, 0.6) is 5.75 Å². The normalized spacial score (nSPS) is 23.8. The lowest BCUT2D eigenvalue weighted by Gasteiger charge is -2.70. The molecular formula is C25H24ClF3O3. The first-order valence-corrected chi connectivity index (χ1v) is 11.0. The Hall–Kier alpha value is -2.34. The number of alkyl halides is 3. The molecule has 3 fully saturated rings. The zero-order valence-corrected chi connectivity index (χ0v) is 18.5. The monoisotopic (exact) mass is 464 g/mol. The van der Waals surface area contributed by atoms with E-state index in [9.17, 15) is 22.8 Å². The fraction of sp³-hybridized carbons (Fsp3) is 0.440. The van der Waals surface area contributed by atoms with Crippen molar-refractivity contribution in [3.63, 3.8) is 0 Å². The number of carbonyl (C=O) groups is 2. The summed E-state index contributed by atoms with van der Waals surface area (Å²) < 4.78 is 43.5. The quantitative estimate of drug-likeness (QED) is 0.432. The molecule has 0 amide bonds. The van der Waals surface area contributed by atoms with Crippen LogP contribution < -0.4 is 4.74 Å². The van der Waals surface area contributed by atoms with Crippen LogP contribution in [0.25, 0.3) is 0 Å². The summed E-state index contributed by atoms with van der Waals surface area (Å²) in [4.78, 5) is 25.1. The van der Waals surface area contributed by atoms with E-state index < -0.39 is 11.7 Å². The van der Waals surface area contributed by atoms with Crippen molar-refractivity contribution < 1.29 is 27.5 Å². The molecule has 0 N–H and O–H groups in total. The molecule has 2 aromatic rings. The standard InChI is InChI=1S/C25H24ClF3O3/c1-16-10-20(7-8-21(16)26)32-12-19(30)11-23-13-24(14-23,15-23)22(31)9-4-17-2-5-18(6-3-17)25(27,28)29/h2-3,5-8,10H,4,9,11-15H2,1H3. The number of carbonyl (C=O) groups excluding carboxylic acids is 2. The predicted octanol–water partition coefficient (Wildman–Crippen LogP) is 6.38. The second-order valence-corrected chi connectivity index (χ2v) is 9.75. The van der Waals surface area contributed by atoms with Gasteiger partial charge in [-0.05, 0) is 79.5 Å². The number of Topliss-reactive ketones (excluding diaryl/α,β-unsaturated/α-hetero) is 2. The lowest BCUT2D eigenvalue weighted by molar-refractivity contribution is -0.208. The number of rotatable bonds is 9. The fourth-order valence-electron chi connectivity index (χ4n) is 5.20. The lowest BCUT2D eigenvalue weighted by atomic mass is 9.33. The average molecular weight is 465 g/mol. The minimum absolute atomic E-state index is 0.00229. The molecule has 32 heavy (non-hydrogen) atoms. The van der Waals surface area contributed by atoms with Crippen molar-refractivity contribution in [1.29, 1.82) is 0 Å². The lowest BCUT2D eigenvalue weighted by Crippen LogP contribution is -2.65. The summed E-state index contributed by atoms with van der Waals surface area (Å²) in [5, 5.41) is 0.644. The van der Waals surface area contributed by atoms with Crippen LogP contribution >= 0.6 is 11.6 Å². The van der Waals surface area contributed by atoms with E-state index in [1.54, 1.807) is 18.2 Å². The molecule has 3 saturated carbocycles. The number of hydrogen-bond acceptors (Lipinski definition) is 3. The van der Waals surface area contributed by atoms with Crippen LogP contribution in [-0.2, 0) is 22.2 Å². The van der Waals surface area contributed by atoms with Gasteiger partial charge < -0.3 is 4.74 Å². The summed E-state index contributed by atoms with van der Waals surface area (Å²) >= 11 is 5.99. The Morgan fingerprint density at radius 1 is 1.06 bits per heavy atom. The van der Waals surface area contributed by atoms with Crippen LogP contribution in [-0.4, -0.2) is 18.2 Å². The van der Waals surface area contributed by atoms with Crippen LogP contribution in [0.1, 0.15) is 48.8 Å². The molecule has 2 bridgehead atoms. The molecule has 0 heterocycles. The predicted molar refractivity (Wildman–Crippen MR) is 115 cm³/mol. The van der Waals surface area contributed by atoms with Crippen molar-refractivity contribution in [2.75, 3.05) is 6.61 Å². The van der Waals surface area contributed by atoms with Crippen molar-refractivity contribution in [1.82, 2.24) is 0 Å². The topological polar surface area (TPSA) is 43.4 Å². The first-order chi connectivity index (χ1) is 15.0. The Kier molecular flexibility index (Phi) is 5.86. The van der Waals surface area contributed by atoms with Gasteiger partial charge in [-0.2, -0.15) is 13.2 Å². The highest BCUT2D eigenvalue weighted by Gasteiger charge is 2.70. The average Bonchev–Trinajstić information content (AvgIpc) is 2.68. The number of ether oxygens (including phenoxy) is 1. The van der Waals surface area contributed by atoms with Crippen molar-refractivity contribution in [2.45, 2.75) is 51.6 Å². The highest BCUT2D eigenvalue weighted by molar-refractivity contribution is 6.31. The molecule has 2 aromatic carbocycles. The zero-order valence-electron chi connectivity index (χ0n) is 17.7. The van der Waals surface area contributed by atoms with Crippen molar-refractivity contribution in [3.8, 4) is 5.75 Å². The molecule has 7 heteroatoms. The van der Waals surface area contributed by atoms with Gasteiger partial charge in [0.05, 0.1) is 5.56 Å². The first kappa shape index (κ1) is 22.8. The van der Waals surface area contributed by atoms with E-state index in [4.69, 9.17) is 16.3 Å². The maximum absolute atomic E-state index is 12.7. The second-order valence-electron chi connectivity index (χ2n) is 9.34. The summed E-state index contributed by atoms with van der Waals surface area (Å²) in [6.45, 7) is 1.87. The van der Waals surface area contributed by atoms with E-state index in [1.165, 1.54) is 12.1 Å². The number of benzene rings is 2. The molecule has 3 aliphatic carbocycles. The van der Waals surface area contributed by atoms with Crippen LogP contribution in [0.4, 0.5) is 13.2 Å². The van der Waals surface area contributed by atoms with Gasteiger partial charge in [0.25, 0.3) is 0 Å². The SMILES string of the molecule is Cc1cc(OCC(=O)CC23CC(C(=O)CCc4ccc(C(F)(F)F)cc4)(C2)C3)ccc1Cl. The molecule has 0 aliphatic heterocycles. The Morgan fingerprint density at radius 3 is 2.31 bits per heavy atom. The van der Waals surface area contributed by atoms with Crippen LogP contribution in [0.2, 0.25) is 5.02 Å². The third kappa shape index (κ3) is 4.56. The van der Waals surface area contributed by atoms with Crippen molar-refractivity contribution >= 4 is 23.2 Å². The van der Waals surface area contributed by atoms with E-state index in [-0.39, 0.29) is 29.0 Å². The number of ketones is 2. The zero-order chi connectivity index (χ0) is 23.1. The van der Waals surface area contributed by atoms with Crippen LogP contribution in [0.3, 0.4) is 0 Å². The number of halogens is 4. The highest BCUT2D eigenvalue weighted by atomic mass is 35.5. The molecular weight excluding hydrogens is 441 g/mol. The van der Waals surface area contributed by atoms with Gasteiger partial charge in [-0.1, -0.05) is 23.7 Å². The molecule has 5 rings (SSSR count). The molecule has 0 unspecified atom stereocenters. The van der Waals surface area contributed by atoms with Gasteiger partial charge in [0, 0.05) is 23.3 Å². The molecule has 0 spiro atoms. The summed E-state index contributed by atoms with van der Waals surface area (Å²) in [5.41, 5.74) is 0.500. The van der Waals surface area contributed by atoms with E-state index >= 15 is 0 Å². The van der Waals surface area contributed by atoms with Gasteiger partial charge in [-0.3, -0.25) is 9.59 Å². The summed E-state index contributed by atoms with van der Waals surface area (Å²) in [7, 11) is 0. The van der Waals surface area contributed by atoms with Crippen LogP contribution in [0, 0.1) is 17.8 Å². The van der Waals surface area contributed by atoms with Crippen molar-refractivity contribution in [3.05, 3.63) is 64.2 Å². The minimum Gasteiger partial charge on any atom is -0.486 e. The molecule has 0 radical (unpaired) electrons. The third-order valence-corrected chi connectivity index (χ3v) is 7.18. The molecule has 3 aliphatic rings. The molecule has 170 valence electrons. The summed E-state index contributed by atoms with van der Waals surface area (Å²) in [6, 6.07) is 10.2. The van der Waals surface area contributed by atoms with E-state index in [0.717, 1.165) is 42.5 Å². The van der Waals surface area contributed by atoms with Gasteiger partial charge in [-0.25, -0.2) is 0 Å². The summed E-state index contributed by atoms with van der Waals surface area (Å²) in [5.74, 6) is 0.774. The number of aryl methyl sites for hydroxylation is 2. The highest BCUT2D eigenvalue weighted by Crippen LogP contribution is 2.75. The first-order valence-electron chi connectivity index (χ1n) is 10.6. The van der Waals surface area contributed by atoms with Gasteiger partial charge in [0.2, 0.25) is 0 Å². The molecule has 3 nitrogen and oxygen atoms in total. The maximum atomic E-state index is 12.7. The Labute approximate surface area is 189 Å². The van der Waals surface area contributed by atoms with Crippen molar-refractivity contribution in [2.24, 2.45) is 10.8 Å². The smallest absolute Gasteiger partial charge is 0.416 e. The molecule has 0 saturated heterocycles. The Bertz CT molecular complexity index is 1020. The minimum atomic E-state index is -4.36. The Balaban J connectivity index is 1.20. The van der Waals surface area contributed by atoms with E-state index in [1.807, 2.05) is 6.92 Å². The van der Waals surface area contributed by atoms with Gasteiger partial charge in [0.1, 0.15) is 18.1 Å². The maximum Gasteiger partial charge on any atom is 0.416 e. The van der Waals surface area contributed by atoms with Gasteiger partial charge >= 0.3 is 6.18 Å².